The Kier molecular flexibility index (Phi) is 5.51. The van der Waals surface area contributed by atoms with Gasteiger partial charge < -0.3 is 4.55 Å². The minimum Gasteiger partial charge on any atom is -0.609 e. The number of rotatable bonds is 6. The van der Waals surface area contributed by atoms with Crippen LogP contribution in [0.2, 0.25) is 0 Å². The van der Waals surface area contributed by atoms with Crippen molar-refractivity contribution >= 4 is 27.9 Å². The van der Waals surface area contributed by atoms with Gasteiger partial charge in [-0.25, -0.2) is 4.98 Å². The van der Waals surface area contributed by atoms with E-state index in [9.17, 15) is 9.35 Å². The van der Waals surface area contributed by atoms with Gasteiger partial charge in [-0.3, -0.25) is 9.36 Å². The Hall–Kier alpha value is -2.89. The smallest absolute Gasteiger partial charge is 0.246 e. The highest BCUT2D eigenvalue weighted by molar-refractivity contribution is 7.91. The molecule has 0 aliphatic carbocycles. The molecule has 5 heteroatoms. The maximum Gasteiger partial charge on any atom is 0.246 e. The molecule has 0 spiro atoms. The van der Waals surface area contributed by atoms with Crippen LogP contribution in [-0.2, 0) is 11.2 Å². The summed E-state index contributed by atoms with van der Waals surface area (Å²) in [5, 5.41) is 1.12. The lowest BCUT2D eigenvalue weighted by atomic mass is 10.0. The van der Waals surface area contributed by atoms with Gasteiger partial charge in [0.25, 0.3) is 0 Å². The SMILES string of the molecule is CCC(n1c(C)c(C(=O)c2ccccc2)c2ccccc21)[S+]([O-])c1ccccn1. The van der Waals surface area contributed by atoms with E-state index >= 15 is 0 Å². The van der Waals surface area contributed by atoms with Crippen molar-refractivity contribution in [3.05, 3.63) is 95.8 Å². The molecule has 4 rings (SSSR count). The summed E-state index contributed by atoms with van der Waals surface area (Å²) in [6, 6.07) is 22.6. The minimum atomic E-state index is -1.34. The summed E-state index contributed by atoms with van der Waals surface area (Å²) in [7, 11) is 0. The molecule has 0 N–H and O–H groups in total. The maximum absolute atomic E-state index is 13.4. The van der Waals surface area contributed by atoms with Gasteiger partial charge in [-0.05, 0) is 19.1 Å². The molecular weight excluding hydrogens is 380 g/mol. The average Bonchev–Trinajstić information content (AvgIpc) is 3.07. The van der Waals surface area contributed by atoms with E-state index in [4.69, 9.17) is 0 Å². The van der Waals surface area contributed by atoms with Gasteiger partial charge in [0, 0.05) is 46.5 Å². The average molecular weight is 403 g/mol. The second kappa shape index (κ2) is 8.23. The molecule has 2 atom stereocenters. The number of ketones is 1. The summed E-state index contributed by atoms with van der Waals surface area (Å²) >= 11 is -1.34. The van der Waals surface area contributed by atoms with E-state index < -0.39 is 11.2 Å². The van der Waals surface area contributed by atoms with E-state index in [1.54, 1.807) is 12.3 Å². The number of nitrogens with zero attached hydrogens (tertiary/aromatic N) is 2. The summed E-state index contributed by atoms with van der Waals surface area (Å²) in [5.41, 5.74) is 3.07. The van der Waals surface area contributed by atoms with Crippen LogP contribution in [0.5, 0.6) is 0 Å². The lowest BCUT2D eigenvalue weighted by Gasteiger charge is -2.23. The molecule has 2 unspecified atom stereocenters. The van der Waals surface area contributed by atoms with Crippen molar-refractivity contribution in [2.75, 3.05) is 0 Å². The Morgan fingerprint density at radius 2 is 1.72 bits per heavy atom. The highest BCUT2D eigenvalue weighted by atomic mass is 32.2. The molecule has 4 aromatic rings. The van der Waals surface area contributed by atoms with Gasteiger partial charge in [0.2, 0.25) is 5.03 Å². The van der Waals surface area contributed by atoms with Gasteiger partial charge >= 0.3 is 0 Å². The topological polar surface area (TPSA) is 58.0 Å². The number of carbonyl (C=O) groups is 1. The first-order valence-electron chi connectivity index (χ1n) is 9.64. The molecule has 0 amide bonds. The van der Waals surface area contributed by atoms with Crippen molar-refractivity contribution < 1.29 is 9.35 Å². The maximum atomic E-state index is 13.4. The molecule has 0 saturated carbocycles. The lowest BCUT2D eigenvalue weighted by Crippen LogP contribution is -2.21. The number of benzene rings is 2. The summed E-state index contributed by atoms with van der Waals surface area (Å²) in [6.07, 6.45) is 2.31. The second-order valence-corrected chi connectivity index (χ2v) is 8.43. The standard InChI is InChI=1S/C24H22N2O2S/c1-3-22(29(28)21-15-9-10-16-25-21)26-17(2)23(19-13-7-8-14-20(19)26)24(27)18-11-5-4-6-12-18/h4-16,22H,3H2,1-2H3. The quantitative estimate of drug-likeness (QED) is 0.325. The van der Waals surface area contributed by atoms with Crippen LogP contribution in [0, 0.1) is 6.92 Å². The zero-order valence-corrected chi connectivity index (χ0v) is 17.2. The van der Waals surface area contributed by atoms with Crippen molar-refractivity contribution in [1.82, 2.24) is 9.55 Å². The van der Waals surface area contributed by atoms with Gasteiger partial charge in [0.15, 0.2) is 11.2 Å². The number of aromatic nitrogens is 2. The molecule has 2 aromatic heterocycles. The molecule has 0 fully saturated rings. The summed E-state index contributed by atoms with van der Waals surface area (Å²) < 4.78 is 15.4. The molecule has 146 valence electrons. The van der Waals surface area contributed by atoms with Crippen molar-refractivity contribution in [2.24, 2.45) is 0 Å². The van der Waals surface area contributed by atoms with Crippen LogP contribution in [0.4, 0.5) is 0 Å². The van der Waals surface area contributed by atoms with Crippen molar-refractivity contribution in [3.8, 4) is 0 Å². The second-order valence-electron chi connectivity index (χ2n) is 6.87. The summed E-state index contributed by atoms with van der Waals surface area (Å²) in [4.78, 5) is 17.6. The number of fused-ring (bicyclic) bond motifs is 1. The van der Waals surface area contributed by atoms with Crippen LogP contribution in [0.3, 0.4) is 0 Å². The summed E-state index contributed by atoms with van der Waals surface area (Å²) in [5.74, 6) is -0.0171. The van der Waals surface area contributed by atoms with Gasteiger partial charge in [-0.1, -0.05) is 61.5 Å². The van der Waals surface area contributed by atoms with Crippen LogP contribution in [0.25, 0.3) is 10.9 Å². The van der Waals surface area contributed by atoms with E-state index in [1.807, 2.05) is 80.6 Å². The van der Waals surface area contributed by atoms with Crippen LogP contribution in [0.15, 0.2) is 84.0 Å². The lowest BCUT2D eigenvalue weighted by molar-refractivity contribution is 0.103. The molecular formula is C24H22N2O2S. The molecule has 0 bridgehead atoms. The van der Waals surface area contributed by atoms with Gasteiger partial charge in [-0.15, -0.1) is 0 Å². The molecule has 0 aliphatic rings. The van der Waals surface area contributed by atoms with Crippen LogP contribution in [0.1, 0.15) is 40.3 Å². The largest absolute Gasteiger partial charge is 0.609 e. The molecule has 4 nitrogen and oxygen atoms in total. The number of carbonyl (C=O) groups excluding carboxylic acids is 1. The number of hydrogen-bond acceptors (Lipinski definition) is 3. The Labute approximate surface area is 173 Å². The first-order valence-corrected chi connectivity index (χ1v) is 10.9. The van der Waals surface area contributed by atoms with E-state index in [0.29, 0.717) is 22.6 Å². The highest BCUT2D eigenvalue weighted by Gasteiger charge is 2.31. The van der Waals surface area contributed by atoms with Gasteiger partial charge in [0.1, 0.15) is 0 Å². The molecule has 0 saturated heterocycles. The fourth-order valence-corrected chi connectivity index (χ4v) is 5.24. The molecule has 0 radical (unpaired) electrons. The third-order valence-corrected chi connectivity index (χ3v) is 6.84. The first kappa shape index (κ1) is 19.4. The predicted octanol–water partition coefficient (Wildman–Crippen LogP) is 5.29. The molecule has 2 heterocycles. The number of pyridine rings is 1. The van der Waals surface area contributed by atoms with Crippen molar-refractivity contribution in [3.63, 3.8) is 0 Å². The molecule has 29 heavy (non-hydrogen) atoms. The van der Waals surface area contributed by atoms with E-state index in [2.05, 4.69) is 9.55 Å². The van der Waals surface area contributed by atoms with Crippen LogP contribution < -0.4 is 0 Å². The van der Waals surface area contributed by atoms with E-state index in [0.717, 1.165) is 16.6 Å². The fourth-order valence-electron chi connectivity index (χ4n) is 3.82. The third kappa shape index (κ3) is 3.48. The Morgan fingerprint density at radius 1 is 1.03 bits per heavy atom. The highest BCUT2D eigenvalue weighted by Crippen LogP contribution is 2.35. The predicted molar refractivity (Wildman–Crippen MR) is 117 cm³/mol. The summed E-state index contributed by atoms with van der Waals surface area (Å²) in [6.45, 7) is 3.95. The molecule has 0 aliphatic heterocycles. The third-order valence-electron chi connectivity index (χ3n) is 5.15. The van der Waals surface area contributed by atoms with E-state index in [-0.39, 0.29) is 11.2 Å². The monoisotopic (exact) mass is 402 g/mol. The zero-order chi connectivity index (χ0) is 20.4. The minimum absolute atomic E-state index is 0.0171. The Balaban J connectivity index is 1.89. The fraction of sp³-hybridized carbons (Fsp3) is 0.167. The van der Waals surface area contributed by atoms with Crippen molar-refractivity contribution in [2.45, 2.75) is 30.7 Å². The van der Waals surface area contributed by atoms with Gasteiger partial charge in [-0.2, -0.15) is 0 Å². The Morgan fingerprint density at radius 3 is 2.41 bits per heavy atom. The van der Waals surface area contributed by atoms with Gasteiger partial charge in [0.05, 0.1) is 11.1 Å². The number of para-hydroxylation sites is 1. The van der Waals surface area contributed by atoms with Crippen LogP contribution >= 0.6 is 0 Å². The zero-order valence-electron chi connectivity index (χ0n) is 16.4. The van der Waals surface area contributed by atoms with E-state index in [1.165, 1.54) is 0 Å². The molecule has 2 aromatic carbocycles. The van der Waals surface area contributed by atoms with Crippen LogP contribution in [-0.4, -0.2) is 19.9 Å². The Bertz CT molecular complexity index is 1140. The normalized spacial score (nSPS) is 13.3. The first-order chi connectivity index (χ1) is 14.1. The van der Waals surface area contributed by atoms with Crippen molar-refractivity contribution in [1.29, 1.82) is 0 Å². The number of hydrogen-bond donors (Lipinski definition) is 0.